The molecule has 3 nitrogen and oxygen atoms in total. The topological polar surface area (TPSA) is 46.3 Å². The zero-order chi connectivity index (χ0) is 14.7. The van der Waals surface area contributed by atoms with Crippen molar-refractivity contribution < 1.29 is 13.6 Å². The molecular weight excluding hydrogens is 262 g/mol. The molecule has 110 valence electrons. The third-order valence-electron chi connectivity index (χ3n) is 4.16. The van der Waals surface area contributed by atoms with Crippen molar-refractivity contribution in [2.45, 2.75) is 31.7 Å². The highest BCUT2D eigenvalue weighted by molar-refractivity contribution is 5.94. The minimum absolute atomic E-state index is 0.0781. The van der Waals surface area contributed by atoms with Gasteiger partial charge in [-0.15, -0.1) is 0 Å². The average Bonchev–Trinajstić information content (AvgIpc) is 2.48. The van der Waals surface area contributed by atoms with Gasteiger partial charge in [-0.1, -0.05) is 12.8 Å². The van der Waals surface area contributed by atoms with Gasteiger partial charge in [0.15, 0.2) is 11.6 Å². The van der Waals surface area contributed by atoms with Gasteiger partial charge in [-0.05, 0) is 43.5 Å². The van der Waals surface area contributed by atoms with Crippen molar-refractivity contribution in [2.75, 3.05) is 13.6 Å². The third kappa shape index (κ3) is 2.98. The second kappa shape index (κ2) is 6.31. The molecule has 1 fully saturated rings. The van der Waals surface area contributed by atoms with Crippen LogP contribution in [-0.2, 0) is 0 Å². The zero-order valence-electron chi connectivity index (χ0n) is 11.6. The number of rotatable bonds is 3. The summed E-state index contributed by atoms with van der Waals surface area (Å²) in [7, 11) is 1.71. The Balaban J connectivity index is 2.16. The molecule has 1 saturated carbocycles. The van der Waals surface area contributed by atoms with Gasteiger partial charge < -0.3 is 10.6 Å². The first kappa shape index (κ1) is 14.9. The van der Waals surface area contributed by atoms with Crippen LogP contribution in [0.4, 0.5) is 8.78 Å². The highest BCUT2D eigenvalue weighted by Gasteiger charge is 2.30. The number of amides is 1. The van der Waals surface area contributed by atoms with Crippen molar-refractivity contribution in [3.8, 4) is 0 Å². The fourth-order valence-electron chi connectivity index (χ4n) is 2.96. The number of benzene rings is 1. The van der Waals surface area contributed by atoms with Crippen LogP contribution in [0.25, 0.3) is 0 Å². The van der Waals surface area contributed by atoms with Crippen molar-refractivity contribution in [1.82, 2.24) is 4.90 Å². The van der Waals surface area contributed by atoms with Gasteiger partial charge in [0.2, 0.25) is 0 Å². The number of carbonyl (C=O) groups excluding carboxylic acids is 1. The standard InChI is InChI=1S/C15H20F2N2O/c1-19(14-5-3-2-4-11(14)9-18)15(20)10-6-7-12(16)13(17)8-10/h6-8,11,14H,2-5,9,18H2,1H3. The quantitative estimate of drug-likeness (QED) is 0.926. The van der Waals surface area contributed by atoms with Gasteiger partial charge in [-0.2, -0.15) is 0 Å². The van der Waals surface area contributed by atoms with Crippen LogP contribution in [0, 0.1) is 17.6 Å². The second-order valence-electron chi connectivity index (χ2n) is 5.39. The minimum Gasteiger partial charge on any atom is -0.338 e. The molecule has 0 radical (unpaired) electrons. The molecule has 2 unspecified atom stereocenters. The average molecular weight is 282 g/mol. The van der Waals surface area contributed by atoms with Crippen LogP contribution in [0.15, 0.2) is 18.2 Å². The highest BCUT2D eigenvalue weighted by atomic mass is 19.2. The van der Waals surface area contributed by atoms with Crippen molar-refractivity contribution in [3.05, 3.63) is 35.4 Å². The SMILES string of the molecule is CN(C(=O)c1ccc(F)c(F)c1)C1CCCCC1CN. The number of nitrogens with zero attached hydrogens (tertiary/aromatic N) is 1. The molecular formula is C15H20F2N2O. The second-order valence-corrected chi connectivity index (χ2v) is 5.39. The molecule has 2 atom stereocenters. The number of halogens is 2. The zero-order valence-corrected chi connectivity index (χ0v) is 11.6. The lowest BCUT2D eigenvalue weighted by Gasteiger charge is -2.37. The van der Waals surface area contributed by atoms with E-state index in [9.17, 15) is 13.6 Å². The lowest BCUT2D eigenvalue weighted by Crippen LogP contribution is -2.45. The number of carbonyl (C=O) groups is 1. The maximum atomic E-state index is 13.2. The molecule has 1 amide bonds. The van der Waals surface area contributed by atoms with Gasteiger partial charge in [0, 0.05) is 18.7 Å². The summed E-state index contributed by atoms with van der Waals surface area (Å²) in [5.41, 5.74) is 5.94. The summed E-state index contributed by atoms with van der Waals surface area (Å²) in [6, 6.07) is 3.33. The summed E-state index contributed by atoms with van der Waals surface area (Å²) in [6.07, 6.45) is 4.12. The molecule has 0 heterocycles. The van der Waals surface area contributed by atoms with E-state index >= 15 is 0 Å². The Morgan fingerprint density at radius 3 is 2.65 bits per heavy atom. The summed E-state index contributed by atoms with van der Waals surface area (Å²) in [4.78, 5) is 14.0. The minimum atomic E-state index is -0.997. The van der Waals surface area contributed by atoms with Crippen LogP contribution in [0.2, 0.25) is 0 Å². The Kier molecular flexibility index (Phi) is 4.70. The Bertz CT molecular complexity index is 493. The Hall–Kier alpha value is -1.49. The first-order valence-electron chi connectivity index (χ1n) is 6.97. The summed E-state index contributed by atoms with van der Waals surface area (Å²) < 4.78 is 26.1. The molecule has 0 spiro atoms. The fourth-order valence-corrected chi connectivity index (χ4v) is 2.96. The number of hydrogen-bond acceptors (Lipinski definition) is 2. The van der Waals surface area contributed by atoms with E-state index in [0.717, 1.165) is 37.8 Å². The monoisotopic (exact) mass is 282 g/mol. The molecule has 5 heteroatoms. The molecule has 1 aliphatic carbocycles. The van der Waals surface area contributed by atoms with Crippen LogP contribution in [-0.4, -0.2) is 30.4 Å². The van der Waals surface area contributed by atoms with Crippen LogP contribution in [0.1, 0.15) is 36.0 Å². The van der Waals surface area contributed by atoms with E-state index in [-0.39, 0.29) is 23.4 Å². The van der Waals surface area contributed by atoms with Crippen molar-refractivity contribution in [2.24, 2.45) is 11.7 Å². The number of hydrogen-bond donors (Lipinski definition) is 1. The number of nitrogens with two attached hydrogens (primary N) is 1. The van der Waals surface area contributed by atoms with E-state index in [1.165, 1.54) is 6.07 Å². The van der Waals surface area contributed by atoms with E-state index < -0.39 is 11.6 Å². The first-order valence-corrected chi connectivity index (χ1v) is 6.97. The smallest absolute Gasteiger partial charge is 0.253 e. The van der Waals surface area contributed by atoms with Crippen LogP contribution in [0.3, 0.4) is 0 Å². The Morgan fingerprint density at radius 1 is 1.30 bits per heavy atom. The van der Waals surface area contributed by atoms with E-state index in [1.54, 1.807) is 11.9 Å². The van der Waals surface area contributed by atoms with Gasteiger partial charge in [0.1, 0.15) is 0 Å². The highest BCUT2D eigenvalue weighted by Crippen LogP contribution is 2.28. The van der Waals surface area contributed by atoms with E-state index in [1.807, 2.05) is 0 Å². The maximum Gasteiger partial charge on any atom is 0.253 e. The van der Waals surface area contributed by atoms with Crippen LogP contribution in [0.5, 0.6) is 0 Å². The normalized spacial score (nSPS) is 22.6. The summed E-state index contributed by atoms with van der Waals surface area (Å²) in [5, 5.41) is 0. The lowest BCUT2D eigenvalue weighted by molar-refractivity contribution is 0.0620. The predicted octanol–water partition coefficient (Wildman–Crippen LogP) is 2.55. The van der Waals surface area contributed by atoms with Crippen molar-refractivity contribution >= 4 is 5.91 Å². The largest absolute Gasteiger partial charge is 0.338 e. The molecule has 0 bridgehead atoms. The van der Waals surface area contributed by atoms with Crippen LogP contribution >= 0.6 is 0 Å². The fraction of sp³-hybridized carbons (Fsp3) is 0.533. The molecule has 20 heavy (non-hydrogen) atoms. The predicted molar refractivity (Wildman–Crippen MR) is 73.3 cm³/mol. The van der Waals surface area contributed by atoms with Gasteiger partial charge in [0.05, 0.1) is 0 Å². The Morgan fingerprint density at radius 2 is 2.00 bits per heavy atom. The molecule has 0 aliphatic heterocycles. The summed E-state index contributed by atoms with van der Waals surface area (Å²) >= 11 is 0. The van der Waals surface area contributed by atoms with E-state index in [4.69, 9.17) is 5.73 Å². The van der Waals surface area contributed by atoms with E-state index in [2.05, 4.69) is 0 Å². The van der Waals surface area contributed by atoms with Crippen LogP contribution < -0.4 is 5.73 Å². The molecule has 1 aromatic rings. The molecule has 0 saturated heterocycles. The first-order chi connectivity index (χ1) is 9.54. The molecule has 0 aromatic heterocycles. The summed E-state index contributed by atoms with van der Waals surface area (Å²) in [5.74, 6) is -1.94. The van der Waals surface area contributed by atoms with Gasteiger partial charge in [-0.3, -0.25) is 4.79 Å². The van der Waals surface area contributed by atoms with Crippen molar-refractivity contribution in [1.29, 1.82) is 0 Å². The maximum absolute atomic E-state index is 13.2. The lowest BCUT2D eigenvalue weighted by atomic mass is 9.83. The molecule has 1 aliphatic rings. The molecule has 2 N–H and O–H groups in total. The van der Waals surface area contributed by atoms with Crippen molar-refractivity contribution in [3.63, 3.8) is 0 Å². The van der Waals surface area contributed by atoms with Gasteiger partial charge in [-0.25, -0.2) is 8.78 Å². The third-order valence-corrected chi connectivity index (χ3v) is 4.16. The summed E-state index contributed by atoms with van der Waals surface area (Å²) in [6.45, 7) is 0.542. The van der Waals surface area contributed by atoms with E-state index in [0.29, 0.717) is 6.54 Å². The molecule has 2 rings (SSSR count). The molecule has 1 aromatic carbocycles. The van der Waals surface area contributed by atoms with Gasteiger partial charge >= 0.3 is 0 Å². The Labute approximate surface area is 117 Å². The van der Waals surface area contributed by atoms with Gasteiger partial charge in [0.25, 0.3) is 5.91 Å².